The first-order valence-electron chi connectivity index (χ1n) is 6.69. The van der Waals surface area contributed by atoms with E-state index < -0.39 is 12.3 Å². The molecular weight excluding hydrogens is 250 g/mol. The largest absolute Gasteiger partial charge is 0.376 e. The van der Waals surface area contributed by atoms with Crippen LogP contribution in [0.1, 0.15) is 27.2 Å². The quantitative estimate of drug-likeness (QED) is 0.404. The Bertz CT molecular complexity index is 309. The smallest absolute Gasteiger partial charge is 0.169 e. The molecule has 7 nitrogen and oxygen atoms in total. The van der Waals surface area contributed by atoms with E-state index in [-0.39, 0.29) is 18.3 Å². The van der Waals surface area contributed by atoms with Gasteiger partial charge in [-0.15, -0.1) is 0 Å². The molecule has 19 heavy (non-hydrogen) atoms. The summed E-state index contributed by atoms with van der Waals surface area (Å²) in [7, 11) is 1.61. The maximum Gasteiger partial charge on any atom is 0.169 e. The monoisotopic (exact) mass is 273 g/mol. The number of rotatable bonds is 7. The first kappa shape index (κ1) is 16.2. The molecule has 0 aromatic heterocycles. The van der Waals surface area contributed by atoms with Crippen molar-refractivity contribution in [3.63, 3.8) is 0 Å². The Morgan fingerprint density at radius 1 is 1.16 bits per heavy atom. The first-order valence-corrected chi connectivity index (χ1v) is 6.69. The lowest BCUT2D eigenvalue weighted by molar-refractivity contribution is -0.269. The molecule has 0 aliphatic carbocycles. The van der Waals surface area contributed by atoms with E-state index in [0.717, 1.165) is 6.42 Å². The molecule has 3 unspecified atom stereocenters. The molecule has 0 aromatic carbocycles. The second kappa shape index (κ2) is 8.35. The lowest BCUT2D eigenvalue weighted by Crippen LogP contribution is -2.58. The van der Waals surface area contributed by atoms with Crippen LogP contribution >= 0.6 is 0 Å². The number of ether oxygens (including phenoxy) is 4. The van der Waals surface area contributed by atoms with Crippen LogP contribution < -0.4 is 0 Å². The van der Waals surface area contributed by atoms with Gasteiger partial charge in [-0.05, 0) is 25.8 Å². The van der Waals surface area contributed by atoms with Gasteiger partial charge in [0, 0.05) is 25.2 Å². The summed E-state index contributed by atoms with van der Waals surface area (Å²) in [5, 5.41) is 3.78. The van der Waals surface area contributed by atoms with Crippen LogP contribution in [0.15, 0.2) is 5.11 Å². The van der Waals surface area contributed by atoms with Gasteiger partial charge in [0.05, 0.1) is 12.2 Å². The highest BCUT2D eigenvalue weighted by Gasteiger charge is 2.46. The highest BCUT2D eigenvalue weighted by atomic mass is 16.7. The van der Waals surface area contributed by atoms with Crippen molar-refractivity contribution in [1.82, 2.24) is 0 Å². The van der Waals surface area contributed by atoms with E-state index in [4.69, 9.17) is 24.5 Å². The van der Waals surface area contributed by atoms with Crippen LogP contribution in [0.4, 0.5) is 0 Å². The van der Waals surface area contributed by atoms with Gasteiger partial charge in [0.15, 0.2) is 6.29 Å². The molecule has 1 heterocycles. The highest BCUT2D eigenvalue weighted by molar-refractivity contribution is 4.95. The molecule has 0 amide bonds. The second-order valence-corrected chi connectivity index (χ2v) is 4.22. The van der Waals surface area contributed by atoms with Gasteiger partial charge in [0.25, 0.3) is 0 Å². The fourth-order valence-electron chi connectivity index (χ4n) is 2.37. The molecule has 5 atom stereocenters. The van der Waals surface area contributed by atoms with Gasteiger partial charge >= 0.3 is 0 Å². The zero-order valence-electron chi connectivity index (χ0n) is 12.0. The van der Waals surface area contributed by atoms with Crippen molar-refractivity contribution in [2.24, 2.45) is 5.11 Å². The lowest BCUT2D eigenvalue weighted by Gasteiger charge is -2.43. The number of hydrogen-bond acceptors (Lipinski definition) is 5. The maximum absolute atomic E-state index is 8.72. The SMILES string of the molecule is CCOC1OC(CC)[C@@H](OC)[C@H](OCC)C1N=[N+]=[N-]. The molecule has 1 aliphatic rings. The molecule has 1 fully saturated rings. The Labute approximate surface area is 113 Å². The van der Waals surface area contributed by atoms with Gasteiger partial charge in [-0.2, -0.15) is 0 Å². The Morgan fingerprint density at radius 3 is 2.32 bits per heavy atom. The van der Waals surface area contributed by atoms with E-state index in [9.17, 15) is 0 Å². The zero-order chi connectivity index (χ0) is 14.3. The van der Waals surface area contributed by atoms with Gasteiger partial charge in [0.1, 0.15) is 12.1 Å². The van der Waals surface area contributed by atoms with E-state index in [1.165, 1.54) is 0 Å². The number of hydrogen-bond donors (Lipinski definition) is 0. The minimum absolute atomic E-state index is 0.136. The van der Waals surface area contributed by atoms with Crippen LogP contribution in [0.5, 0.6) is 0 Å². The fraction of sp³-hybridized carbons (Fsp3) is 1.00. The molecule has 7 heteroatoms. The molecule has 1 rings (SSSR count). The van der Waals surface area contributed by atoms with Crippen LogP contribution in [0.25, 0.3) is 10.4 Å². The standard InChI is InChI=1S/C12H23N3O4/c1-5-8-10(16-4)11(17-6-2)9(14-15-13)12(19-8)18-7-3/h8-12H,5-7H2,1-4H3/t8?,9?,10-,11-,12?/m1/s1. The summed E-state index contributed by atoms with van der Waals surface area (Å²) in [4.78, 5) is 2.87. The molecule has 110 valence electrons. The van der Waals surface area contributed by atoms with Crippen molar-refractivity contribution in [2.75, 3.05) is 20.3 Å². The zero-order valence-corrected chi connectivity index (χ0v) is 12.0. The molecule has 0 saturated carbocycles. The fourth-order valence-corrected chi connectivity index (χ4v) is 2.37. The Balaban J connectivity index is 3.00. The van der Waals surface area contributed by atoms with Crippen LogP contribution in [-0.2, 0) is 18.9 Å². The van der Waals surface area contributed by atoms with E-state index in [2.05, 4.69) is 10.0 Å². The summed E-state index contributed by atoms with van der Waals surface area (Å²) < 4.78 is 22.5. The van der Waals surface area contributed by atoms with Crippen LogP contribution in [-0.4, -0.2) is 51.0 Å². The summed E-state index contributed by atoms with van der Waals surface area (Å²) >= 11 is 0. The summed E-state index contributed by atoms with van der Waals surface area (Å²) in [6.07, 6.45) is -0.579. The molecule has 1 saturated heterocycles. The van der Waals surface area contributed by atoms with Gasteiger partial charge in [-0.1, -0.05) is 12.0 Å². The lowest BCUT2D eigenvalue weighted by atomic mass is 9.95. The maximum atomic E-state index is 8.72. The number of nitrogens with zero attached hydrogens (tertiary/aromatic N) is 3. The minimum Gasteiger partial charge on any atom is -0.376 e. The van der Waals surface area contributed by atoms with E-state index in [1.54, 1.807) is 7.11 Å². The van der Waals surface area contributed by atoms with Gasteiger partial charge in [0.2, 0.25) is 0 Å². The Morgan fingerprint density at radius 2 is 1.84 bits per heavy atom. The first-order chi connectivity index (χ1) is 9.23. The second-order valence-electron chi connectivity index (χ2n) is 4.22. The van der Waals surface area contributed by atoms with Crippen LogP contribution in [0, 0.1) is 0 Å². The molecule has 0 bridgehead atoms. The third-order valence-corrected chi connectivity index (χ3v) is 3.16. The predicted octanol–water partition coefficient (Wildman–Crippen LogP) is 2.26. The molecule has 0 spiro atoms. The van der Waals surface area contributed by atoms with Crippen LogP contribution in [0.2, 0.25) is 0 Å². The molecule has 1 aliphatic heterocycles. The van der Waals surface area contributed by atoms with Crippen molar-refractivity contribution < 1.29 is 18.9 Å². The van der Waals surface area contributed by atoms with E-state index in [0.29, 0.717) is 13.2 Å². The van der Waals surface area contributed by atoms with E-state index in [1.807, 2.05) is 20.8 Å². The normalized spacial score (nSPS) is 34.8. The average Bonchev–Trinajstić information content (AvgIpc) is 2.42. The van der Waals surface area contributed by atoms with Gasteiger partial charge in [-0.3, -0.25) is 0 Å². The van der Waals surface area contributed by atoms with Crippen molar-refractivity contribution in [3.8, 4) is 0 Å². The predicted molar refractivity (Wildman–Crippen MR) is 69.7 cm³/mol. The topological polar surface area (TPSA) is 85.7 Å². The Hall–Kier alpha value is -0.850. The third-order valence-electron chi connectivity index (χ3n) is 3.16. The number of azide groups is 1. The van der Waals surface area contributed by atoms with Crippen LogP contribution in [0.3, 0.4) is 0 Å². The molecular formula is C12H23N3O4. The van der Waals surface area contributed by atoms with Crippen molar-refractivity contribution in [1.29, 1.82) is 0 Å². The van der Waals surface area contributed by atoms with Crippen molar-refractivity contribution in [3.05, 3.63) is 10.4 Å². The van der Waals surface area contributed by atoms with Crippen molar-refractivity contribution >= 4 is 0 Å². The molecule has 0 radical (unpaired) electrons. The molecule has 0 N–H and O–H groups in total. The Kier molecular flexibility index (Phi) is 7.12. The van der Waals surface area contributed by atoms with E-state index >= 15 is 0 Å². The van der Waals surface area contributed by atoms with Gasteiger partial charge < -0.3 is 18.9 Å². The summed E-state index contributed by atoms with van der Waals surface area (Å²) in [6.45, 7) is 6.77. The average molecular weight is 273 g/mol. The minimum atomic E-state index is -0.589. The summed E-state index contributed by atoms with van der Waals surface area (Å²) in [6, 6.07) is -0.544. The van der Waals surface area contributed by atoms with Gasteiger partial charge in [-0.25, -0.2) is 0 Å². The summed E-state index contributed by atoms with van der Waals surface area (Å²) in [5.74, 6) is 0. The highest BCUT2D eigenvalue weighted by Crippen LogP contribution is 2.29. The molecule has 0 aromatic rings. The third kappa shape index (κ3) is 3.81. The number of methoxy groups -OCH3 is 1. The van der Waals surface area contributed by atoms with Crippen molar-refractivity contribution in [2.45, 2.75) is 57.8 Å². The summed E-state index contributed by atoms with van der Waals surface area (Å²) in [5.41, 5.74) is 8.72.